The van der Waals surface area contributed by atoms with Gasteiger partial charge < -0.3 is 20.4 Å². The molecule has 2 unspecified atom stereocenters. The Morgan fingerprint density at radius 3 is 2.56 bits per heavy atom. The van der Waals surface area contributed by atoms with Crippen LogP contribution in [0.2, 0.25) is 0 Å². The van der Waals surface area contributed by atoms with Gasteiger partial charge in [-0.3, -0.25) is 18.6 Å². The first-order chi connectivity index (χ1) is 24.8. The first-order valence-electron chi connectivity index (χ1n) is 17.8. The largest absolute Gasteiger partial charge is 0.484 e. The Morgan fingerprint density at radius 1 is 1.04 bits per heavy atom. The molecule has 4 heterocycles. The fourth-order valence-electron chi connectivity index (χ4n) is 6.42. The third-order valence-corrected chi connectivity index (χ3v) is 9.83. The maximum Gasteiger partial charge on any atom is 0.320 e. The number of urea groups is 1. The van der Waals surface area contributed by atoms with E-state index in [4.69, 9.17) is 14.3 Å². The highest BCUT2D eigenvalue weighted by molar-refractivity contribution is 7.85. The molecule has 0 radical (unpaired) electrons. The van der Waals surface area contributed by atoms with Crippen LogP contribution in [0.15, 0.2) is 60.0 Å². The number of aryl methyl sites for hydroxylation is 1. The second kappa shape index (κ2) is 15.8. The Hall–Kier alpha value is -4.83. The van der Waals surface area contributed by atoms with Crippen LogP contribution in [-0.4, -0.2) is 76.3 Å². The van der Waals surface area contributed by atoms with Gasteiger partial charge in [0.25, 0.3) is 10.1 Å². The van der Waals surface area contributed by atoms with E-state index in [1.807, 2.05) is 67.8 Å². The number of ether oxygens (including phenoxy) is 1. The average molecular weight is 733 g/mol. The van der Waals surface area contributed by atoms with Gasteiger partial charge in [0.1, 0.15) is 23.4 Å². The smallest absolute Gasteiger partial charge is 0.320 e. The summed E-state index contributed by atoms with van der Waals surface area (Å²) in [7, 11) is -3.51. The summed E-state index contributed by atoms with van der Waals surface area (Å²) in [4.78, 5) is 20.5. The molecule has 1 saturated heterocycles. The molecule has 0 bridgehead atoms. The number of fused-ring (bicyclic) bond motifs is 2. The third kappa shape index (κ3) is 9.53. The Kier molecular flexibility index (Phi) is 11.2. The van der Waals surface area contributed by atoms with Gasteiger partial charge >= 0.3 is 6.03 Å². The molecule has 2 atom stereocenters. The Bertz CT molecular complexity index is 2030. The second-order valence-corrected chi connectivity index (χ2v) is 16.1. The van der Waals surface area contributed by atoms with Gasteiger partial charge in [-0.15, -0.1) is 10.2 Å². The first-order valence-corrected chi connectivity index (χ1v) is 19.6. The van der Waals surface area contributed by atoms with E-state index < -0.39 is 21.6 Å². The summed E-state index contributed by atoms with van der Waals surface area (Å²) < 4.78 is 37.5. The minimum atomic E-state index is -3.51. The number of aliphatic imine (C=N–C) groups is 1. The van der Waals surface area contributed by atoms with Gasteiger partial charge in [0.05, 0.1) is 37.5 Å². The van der Waals surface area contributed by atoms with Crippen molar-refractivity contribution in [3.8, 4) is 5.75 Å². The summed E-state index contributed by atoms with van der Waals surface area (Å²) in [6.45, 7) is 8.23. The molecular formula is C36H48N10O5S. The van der Waals surface area contributed by atoms with E-state index in [-0.39, 0.29) is 25.2 Å². The maximum absolute atomic E-state index is 13.5. The quantitative estimate of drug-likeness (QED) is 0.0710. The Labute approximate surface area is 304 Å². The van der Waals surface area contributed by atoms with Crippen molar-refractivity contribution in [2.45, 2.75) is 84.4 Å². The number of nitrogens with zero attached hydrogens (tertiary/aromatic N) is 7. The summed E-state index contributed by atoms with van der Waals surface area (Å²) in [5, 5.41) is 27.8. The van der Waals surface area contributed by atoms with Crippen LogP contribution >= 0.6 is 0 Å². The van der Waals surface area contributed by atoms with Crippen molar-refractivity contribution in [2.24, 2.45) is 10.4 Å². The monoisotopic (exact) mass is 732 g/mol. The number of piperidine rings is 1. The highest BCUT2D eigenvalue weighted by atomic mass is 32.2. The molecule has 278 valence electrons. The number of rotatable bonds is 12. The van der Waals surface area contributed by atoms with Gasteiger partial charge in [-0.05, 0) is 67.2 Å². The molecule has 3 aromatic heterocycles. The lowest BCUT2D eigenvalue weighted by Gasteiger charge is -2.32. The van der Waals surface area contributed by atoms with Crippen LogP contribution in [0.5, 0.6) is 5.75 Å². The van der Waals surface area contributed by atoms with Gasteiger partial charge in [-0.2, -0.15) is 13.5 Å². The number of carbonyl (C=O) groups is 1. The van der Waals surface area contributed by atoms with Crippen LogP contribution in [0.4, 0.5) is 16.4 Å². The van der Waals surface area contributed by atoms with Gasteiger partial charge in [0.15, 0.2) is 5.65 Å². The molecule has 16 heteroatoms. The maximum atomic E-state index is 13.5. The molecular weight excluding hydrogens is 685 g/mol. The first kappa shape index (κ1) is 36.9. The van der Waals surface area contributed by atoms with Crippen LogP contribution in [0.3, 0.4) is 0 Å². The van der Waals surface area contributed by atoms with Crippen molar-refractivity contribution in [1.29, 1.82) is 5.41 Å². The van der Waals surface area contributed by atoms with Crippen molar-refractivity contribution in [3.63, 3.8) is 0 Å². The standard InChI is InChI=1S/C36H48N10O5S/c1-36(2,3)31(37)21-32(39-25-22-38-45(23-25)19-10-20-50-52(4,48)49)41-34(47)40-29-14-15-30(28-12-7-6-11-27(28)29)51-26-13-16-33-42-43-35(46(33)24-26)44-17-8-5-9-18-44/h6-7,11-13,16,22-24,29-30,37H,5,8-10,14-15,17-21H2,1-4H3,(H2,39,40,41,47). The average Bonchev–Trinajstić information content (AvgIpc) is 3.74. The van der Waals surface area contributed by atoms with E-state index in [2.05, 4.69) is 35.8 Å². The fraction of sp³-hybridized carbons (Fsp3) is 0.500. The number of anilines is 1. The fourth-order valence-corrected chi connectivity index (χ4v) is 6.84. The van der Waals surface area contributed by atoms with Crippen molar-refractivity contribution >= 4 is 45.0 Å². The Balaban J connectivity index is 1.13. The third-order valence-electron chi connectivity index (χ3n) is 9.24. The zero-order valence-electron chi connectivity index (χ0n) is 30.2. The van der Waals surface area contributed by atoms with E-state index in [1.54, 1.807) is 17.1 Å². The second-order valence-electron chi connectivity index (χ2n) is 14.4. The zero-order valence-corrected chi connectivity index (χ0v) is 31.0. The van der Waals surface area contributed by atoms with Crippen LogP contribution in [0, 0.1) is 10.8 Å². The van der Waals surface area contributed by atoms with Crippen LogP contribution < -0.4 is 20.3 Å². The molecule has 52 heavy (non-hydrogen) atoms. The predicted molar refractivity (Wildman–Crippen MR) is 199 cm³/mol. The molecule has 1 aliphatic heterocycles. The summed E-state index contributed by atoms with van der Waals surface area (Å²) in [6, 6.07) is 11.2. The van der Waals surface area contributed by atoms with Crippen molar-refractivity contribution in [1.82, 2.24) is 35.0 Å². The SMILES string of the molecule is CC(C)(C)C(=N)CC(=Nc1cnn(CCCOS(C)(=O)=O)c1)NC(=O)NC1CCC(Oc2ccc3nnc(N4CCCCC4)n3c2)c2ccccc21. The minimum absolute atomic E-state index is 0.0445. The van der Waals surface area contributed by atoms with Gasteiger partial charge in [-0.25, -0.2) is 9.79 Å². The van der Waals surface area contributed by atoms with E-state index in [0.717, 1.165) is 60.7 Å². The molecule has 0 saturated carbocycles. The number of nitrogens with one attached hydrogen (secondary N) is 3. The molecule has 0 spiro atoms. The molecule has 1 fully saturated rings. The van der Waals surface area contributed by atoms with Gasteiger partial charge in [0.2, 0.25) is 5.95 Å². The number of amides is 2. The number of benzene rings is 1. The molecule has 15 nitrogen and oxygen atoms in total. The lowest BCUT2D eigenvalue weighted by molar-refractivity contribution is 0.171. The molecule has 1 aliphatic carbocycles. The summed E-state index contributed by atoms with van der Waals surface area (Å²) in [5.74, 6) is 1.88. The van der Waals surface area contributed by atoms with Crippen molar-refractivity contribution in [2.75, 3.05) is 30.9 Å². The van der Waals surface area contributed by atoms with E-state index in [9.17, 15) is 13.2 Å². The van der Waals surface area contributed by atoms with Crippen LogP contribution in [0.1, 0.15) is 89.0 Å². The normalized spacial score (nSPS) is 18.2. The summed E-state index contributed by atoms with van der Waals surface area (Å²) in [5.41, 5.74) is 3.25. The molecule has 2 aliphatic rings. The number of hydrogen-bond donors (Lipinski definition) is 3. The summed E-state index contributed by atoms with van der Waals surface area (Å²) >= 11 is 0. The number of hydrogen-bond acceptors (Lipinski definition) is 11. The number of carbonyl (C=O) groups excluding carboxylic acids is 1. The molecule has 3 N–H and O–H groups in total. The lowest BCUT2D eigenvalue weighted by atomic mass is 9.85. The van der Waals surface area contributed by atoms with Gasteiger partial charge in [-0.1, -0.05) is 45.0 Å². The highest BCUT2D eigenvalue weighted by Crippen LogP contribution is 2.39. The predicted octanol–water partition coefficient (Wildman–Crippen LogP) is 5.72. The molecule has 6 rings (SSSR count). The van der Waals surface area contributed by atoms with E-state index in [1.165, 1.54) is 6.42 Å². The number of pyridine rings is 1. The molecule has 1 aromatic carbocycles. The highest BCUT2D eigenvalue weighted by Gasteiger charge is 2.30. The zero-order chi connectivity index (χ0) is 36.9. The summed E-state index contributed by atoms with van der Waals surface area (Å²) in [6.07, 6.45) is 11.5. The molecule has 2 amide bonds. The van der Waals surface area contributed by atoms with E-state index >= 15 is 0 Å². The van der Waals surface area contributed by atoms with Gasteiger partial charge in [0, 0.05) is 31.8 Å². The number of aromatic nitrogens is 5. The lowest BCUT2D eigenvalue weighted by Crippen LogP contribution is -2.43. The van der Waals surface area contributed by atoms with Crippen molar-refractivity contribution in [3.05, 3.63) is 66.1 Å². The minimum Gasteiger partial charge on any atom is -0.484 e. The van der Waals surface area contributed by atoms with Crippen LogP contribution in [-0.2, 0) is 20.8 Å². The Morgan fingerprint density at radius 2 is 1.81 bits per heavy atom. The molecule has 4 aromatic rings. The van der Waals surface area contributed by atoms with Crippen molar-refractivity contribution < 1.29 is 22.1 Å². The topological polar surface area (TPSA) is 181 Å². The van der Waals surface area contributed by atoms with Crippen LogP contribution in [0.25, 0.3) is 5.65 Å². The number of amidine groups is 1. The van der Waals surface area contributed by atoms with E-state index in [0.29, 0.717) is 43.0 Å².